The van der Waals surface area contributed by atoms with Gasteiger partial charge in [-0.25, -0.2) is 0 Å². The Morgan fingerprint density at radius 3 is 2.61 bits per heavy atom. The average Bonchev–Trinajstić information content (AvgIpc) is 2.43. The quantitative estimate of drug-likeness (QED) is 0.508. The molecule has 0 nitrogen and oxygen atoms in total. The van der Waals surface area contributed by atoms with Crippen LogP contribution in [0.4, 0.5) is 0 Å². The number of benzene rings is 2. The maximum absolute atomic E-state index is 3.31. The minimum absolute atomic E-state index is 1.02. The lowest BCUT2D eigenvalue weighted by molar-refractivity contribution is 0.679. The van der Waals surface area contributed by atoms with Crippen molar-refractivity contribution >= 4 is 10.8 Å². The Balaban J connectivity index is 2.05. The number of hydrogen-bond acceptors (Lipinski definition) is 0. The zero-order chi connectivity index (χ0) is 12.6. The van der Waals surface area contributed by atoms with E-state index >= 15 is 0 Å². The maximum Gasteiger partial charge on any atom is 0.0323 e. The van der Waals surface area contributed by atoms with E-state index in [9.17, 15) is 0 Å². The molecule has 0 spiro atoms. The largest absolute Gasteiger partial charge is 0.0979 e. The van der Waals surface area contributed by atoms with E-state index in [2.05, 4.69) is 61.2 Å². The van der Waals surface area contributed by atoms with Crippen molar-refractivity contribution in [2.45, 2.75) is 39.0 Å². The summed E-state index contributed by atoms with van der Waals surface area (Å²) in [7, 11) is 0. The van der Waals surface area contributed by atoms with Crippen molar-refractivity contribution in [2.24, 2.45) is 0 Å². The Kier molecular flexibility index (Phi) is 4.85. The van der Waals surface area contributed by atoms with Gasteiger partial charge in [0.25, 0.3) is 0 Å². The molecule has 0 aliphatic rings. The molecule has 0 aliphatic heterocycles. The van der Waals surface area contributed by atoms with E-state index in [1.165, 1.54) is 36.5 Å². The van der Waals surface area contributed by atoms with Gasteiger partial charge in [-0.05, 0) is 23.3 Å². The van der Waals surface area contributed by atoms with Crippen LogP contribution >= 0.6 is 0 Å². The minimum atomic E-state index is 1.02. The van der Waals surface area contributed by atoms with Crippen LogP contribution in [0.1, 0.15) is 44.6 Å². The summed E-state index contributed by atoms with van der Waals surface area (Å²) in [4.78, 5) is 0. The smallest absolute Gasteiger partial charge is 0.0323 e. The second-order valence-corrected chi connectivity index (χ2v) is 4.64. The summed E-state index contributed by atoms with van der Waals surface area (Å²) in [6.07, 6.45) is 6.17. The number of rotatable bonds is 4. The molecule has 0 saturated carbocycles. The molecule has 0 bridgehead atoms. The van der Waals surface area contributed by atoms with Crippen LogP contribution in [0.15, 0.2) is 42.5 Å². The average molecular weight is 236 g/mol. The number of unbranched alkanes of at least 4 members (excludes halogenated alkanes) is 4. The lowest BCUT2D eigenvalue weighted by atomic mass is 10.0. The van der Waals surface area contributed by atoms with Gasteiger partial charge in [-0.1, -0.05) is 74.4 Å². The molecule has 0 saturated heterocycles. The lowest BCUT2D eigenvalue weighted by Gasteiger charge is -1.99. The van der Waals surface area contributed by atoms with Crippen LogP contribution in [-0.4, -0.2) is 0 Å². The van der Waals surface area contributed by atoms with Crippen molar-refractivity contribution in [3.63, 3.8) is 0 Å². The first kappa shape index (κ1) is 12.7. The molecule has 92 valence electrons. The van der Waals surface area contributed by atoms with E-state index in [0.717, 1.165) is 12.0 Å². The van der Waals surface area contributed by atoms with E-state index in [0.29, 0.717) is 0 Å². The second kappa shape index (κ2) is 6.87. The van der Waals surface area contributed by atoms with Gasteiger partial charge in [-0.3, -0.25) is 0 Å². The molecule has 2 aromatic carbocycles. The fraction of sp³-hybridized carbons (Fsp3) is 0.333. The molecule has 0 heterocycles. The molecular formula is C18H20. The first-order chi connectivity index (χ1) is 8.92. The summed E-state index contributed by atoms with van der Waals surface area (Å²) in [6.45, 7) is 2.24. The third kappa shape index (κ3) is 3.37. The predicted molar refractivity (Wildman–Crippen MR) is 79.6 cm³/mol. The second-order valence-electron chi connectivity index (χ2n) is 4.64. The van der Waals surface area contributed by atoms with Crippen molar-refractivity contribution in [1.29, 1.82) is 0 Å². The molecule has 0 heteroatoms. The predicted octanol–water partition coefficient (Wildman–Crippen LogP) is 5.16. The third-order valence-electron chi connectivity index (χ3n) is 3.17. The molecule has 0 fully saturated rings. The summed E-state index contributed by atoms with van der Waals surface area (Å²) in [5.74, 6) is 6.62. The summed E-state index contributed by atoms with van der Waals surface area (Å²) in [5, 5.41) is 2.54. The fourth-order valence-electron chi connectivity index (χ4n) is 2.13. The highest BCUT2D eigenvalue weighted by Gasteiger charge is 1.95. The molecule has 2 rings (SSSR count). The molecule has 0 radical (unpaired) electrons. The van der Waals surface area contributed by atoms with E-state index < -0.39 is 0 Å². The molecule has 0 amide bonds. The Bertz CT molecular complexity index is 550. The highest BCUT2D eigenvalue weighted by Crippen LogP contribution is 2.17. The summed E-state index contributed by atoms with van der Waals surface area (Å²) in [5.41, 5.74) is 1.16. The van der Waals surface area contributed by atoms with Gasteiger partial charge in [-0.15, -0.1) is 0 Å². The van der Waals surface area contributed by atoms with Crippen LogP contribution in [0.5, 0.6) is 0 Å². The van der Waals surface area contributed by atoms with Gasteiger partial charge < -0.3 is 0 Å². The Hall–Kier alpha value is -1.74. The minimum Gasteiger partial charge on any atom is -0.0979 e. The molecule has 18 heavy (non-hydrogen) atoms. The van der Waals surface area contributed by atoms with E-state index in [-0.39, 0.29) is 0 Å². The van der Waals surface area contributed by atoms with Gasteiger partial charge in [0.2, 0.25) is 0 Å². The van der Waals surface area contributed by atoms with E-state index in [1.807, 2.05) is 0 Å². The fourth-order valence-corrected chi connectivity index (χ4v) is 2.13. The normalized spacial score (nSPS) is 10.1. The molecule has 0 unspecified atom stereocenters. The zero-order valence-corrected chi connectivity index (χ0v) is 11.1. The van der Waals surface area contributed by atoms with Crippen LogP contribution in [-0.2, 0) is 0 Å². The van der Waals surface area contributed by atoms with Gasteiger partial charge in [0.05, 0.1) is 0 Å². The highest BCUT2D eigenvalue weighted by atomic mass is 14.0. The molecule has 0 aliphatic carbocycles. The van der Waals surface area contributed by atoms with Crippen molar-refractivity contribution in [3.8, 4) is 11.8 Å². The number of fused-ring (bicyclic) bond motifs is 1. The van der Waals surface area contributed by atoms with Crippen LogP contribution < -0.4 is 0 Å². The number of hydrogen-bond donors (Lipinski definition) is 0. The van der Waals surface area contributed by atoms with Crippen LogP contribution in [0.3, 0.4) is 0 Å². The monoisotopic (exact) mass is 236 g/mol. The van der Waals surface area contributed by atoms with Crippen molar-refractivity contribution in [3.05, 3.63) is 48.0 Å². The van der Waals surface area contributed by atoms with Crippen molar-refractivity contribution in [1.82, 2.24) is 0 Å². The summed E-state index contributed by atoms with van der Waals surface area (Å²) in [6, 6.07) is 14.8. The summed E-state index contributed by atoms with van der Waals surface area (Å²) < 4.78 is 0. The first-order valence-electron chi connectivity index (χ1n) is 6.88. The van der Waals surface area contributed by atoms with E-state index in [1.54, 1.807) is 0 Å². The topological polar surface area (TPSA) is 0 Å². The van der Waals surface area contributed by atoms with Crippen LogP contribution in [0.2, 0.25) is 0 Å². The molecule has 0 atom stereocenters. The molecule has 2 aromatic rings. The Morgan fingerprint density at radius 2 is 1.72 bits per heavy atom. The Morgan fingerprint density at radius 1 is 0.889 bits per heavy atom. The highest BCUT2D eigenvalue weighted by molar-refractivity contribution is 5.88. The standard InChI is InChI=1S/C18H20/c1-2-3-4-5-6-7-11-16-13-10-14-17-12-8-9-15-18(16)17/h8-10,12-15H,2-6H2,1H3. The van der Waals surface area contributed by atoms with Crippen LogP contribution in [0.25, 0.3) is 10.8 Å². The van der Waals surface area contributed by atoms with Gasteiger partial charge in [-0.2, -0.15) is 0 Å². The van der Waals surface area contributed by atoms with Gasteiger partial charge >= 0.3 is 0 Å². The van der Waals surface area contributed by atoms with Gasteiger partial charge in [0.15, 0.2) is 0 Å². The molecular weight excluding hydrogens is 216 g/mol. The molecule has 0 N–H and O–H groups in total. The van der Waals surface area contributed by atoms with Crippen LogP contribution in [0, 0.1) is 11.8 Å². The third-order valence-corrected chi connectivity index (χ3v) is 3.17. The maximum atomic E-state index is 3.31. The zero-order valence-electron chi connectivity index (χ0n) is 11.1. The van der Waals surface area contributed by atoms with E-state index in [4.69, 9.17) is 0 Å². The van der Waals surface area contributed by atoms with Crippen molar-refractivity contribution < 1.29 is 0 Å². The van der Waals surface area contributed by atoms with Gasteiger partial charge in [0.1, 0.15) is 0 Å². The SMILES string of the molecule is CCCCCCC#Cc1cccc2ccccc12. The first-order valence-corrected chi connectivity index (χ1v) is 6.88. The molecule has 0 aromatic heterocycles. The lowest BCUT2D eigenvalue weighted by Crippen LogP contribution is -1.79. The Labute approximate surface area is 110 Å². The summed E-state index contributed by atoms with van der Waals surface area (Å²) >= 11 is 0. The van der Waals surface area contributed by atoms with Gasteiger partial charge in [0, 0.05) is 12.0 Å². The van der Waals surface area contributed by atoms with Crippen molar-refractivity contribution in [2.75, 3.05) is 0 Å².